The van der Waals surface area contributed by atoms with E-state index >= 15 is 0 Å². The number of nitrogens with zero attached hydrogens (tertiary/aromatic N) is 5. The summed E-state index contributed by atoms with van der Waals surface area (Å²) in [4.78, 5) is 30.0. The van der Waals surface area contributed by atoms with Gasteiger partial charge in [-0.1, -0.05) is 12.1 Å². The molecule has 0 spiro atoms. The summed E-state index contributed by atoms with van der Waals surface area (Å²) in [6.45, 7) is 5.22. The van der Waals surface area contributed by atoms with Crippen LogP contribution in [0.15, 0.2) is 36.4 Å². The van der Waals surface area contributed by atoms with Crippen LogP contribution in [0.5, 0.6) is 5.75 Å². The van der Waals surface area contributed by atoms with Gasteiger partial charge in [0.2, 0.25) is 11.7 Å². The quantitative estimate of drug-likeness (QED) is 0.472. The lowest BCUT2D eigenvalue weighted by molar-refractivity contribution is -0.119. The molecule has 10 nitrogen and oxygen atoms in total. The maximum atomic E-state index is 12.8. The topological polar surface area (TPSA) is 124 Å². The van der Waals surface area contributed by atoms with E-state index in [9.17, 15) is 9.59 Å². The second kappa shape index (κ2) is 11.7. The Labute approximate surface area is 210 Å². The average Bonchev–Trinajstić information content (AvgIpc) is 3.35. The molecule has 1 aliphatic rings. The summed E-state index contributed by atoms with van der Waals surface area (Å²) >= 11 is 0. The Kier molecular flexibility index (Phi) is 8.24. The molecule has 0 radical (unpaired) electrons. The van der Waals surface area contributed by atoms with Crippen LogP contribution in [-0.4, -0.2) is 50.7 Å². The van der Waals surface area contributed by atoms with Crippen molar-refractivity contribution in [1.29, 1.82) is 0 Å². The van der Waals surface area contributed by atoms with Crippen molar-refractivity contribution in [3.8, 4) is 17.1 Å². The molecule has 4 rings (SSSR count). The Balaban J connectivity index is 1.35. The summed E-state index contributed by atoms with van der Waals surface area (Å²) in [5, 5.41) is 18.9. The third-order valence-electron chi connectivity index (χ3n) is 6.51. The van der Waals surface area contributed by atoms with Gasteiger partial charge in [-0.05, 0) is 79.5 Å². The molecule has 2 heterocycles. The third kappa shape index (κ3) is 6.87. The number of benzene rings is 1. The Hall–Kier alpha value is -3.82. The van der Waals surface area contributed by atoms with Crippen LogP contribution in [0.3, 0.4) is 0 Å². The summed E-state index contributed by atoms with van der Waals surface area (Å²) in [5.41, 5.74) is 2.65. The molecular formula is C26H33N7O3. The number of rotatable bonds is 9. The van der Waals surface area contributed by atoms with Gasteiger partial charge in [-0.2, -0.15) is 4.80 Å². The van der Waals surface area contributed by atoms with Gasteiger partial charge < -0.3 is 15.4 Å². The van der Waals surface area contributed by atoms with Crippen molar-refractivity contribution < 1.29 is 14.3 Å². The molecule has 2 amide bonds. The van der Waals surface area contributed by atoms with E-state index < -0.39 is 0 Å². The van der Waals surface area contributed by atoms with Gasteiger partial charge in [-0.3, -0.25) is 9.59 Å². The van der Waals surface area contributed by atoms with Crippen LogP contribution in [0.1, 0.15) is 54.4 Å². The number of ether oxygens (including phenoxy) is 1. The van der Waals surface area contributed by atoms with Crippen LogP contribution < -0.4 is 15.4 Å². The number of pyridine rings is 1. The van der Waals surface area contributed by atoms with Crippen LogP contribution in [0, 0.1) is 18.8 Å². The van der Waals surface area contributed by atoms with Gasteiger partial charge >= 0.3 is 0 Å². The molecule has 2 aromatic heterocycles. The highest BCUT2D eigenvalue weighted by atomic mass is 16.5. The smallest absolute Gasteiger partial charge is 0.270 e. The highest BCUT2D eigenvalue weighted by Crippen LogP contribution is 2.29. The van der Waals surface area contributed by atoms with E-state index in [0.717, 1.165) is 43.5 Å². The highest BCUT2D eigenvalue weighted by Gasteiger charge is 2.23. The van der Waals surface area contributed by atoms with E-state index in [1.165, 1.54) is 0 Å². The normalized spacial score (nSPS) is 17.4. The zero-order chi connectivity index (χ0) is 25.5. The van der Waals surface area contributed by atoms with Gasteiger partial charge in [-0.15, -0.1) is 10.2 Å². The molecular weight excluding hydrogens is 458 g/mol. The number of tetrazole rings is 1. The van der Waals surface area contributed by atoms with E-state index in [4.69, 9.17) is 4.74 Å². The van der Waals surface area contributed by atoms with Crippen LogP contribution in [0.25, 0.3) is 11.4 Å². The number of nitrogens with one attached hydrogen (secondary N) is 2. The van der Waals surface area contributed by atoms with Gasteiger partial charge in [0.05, 0.1) is 13.7 Å². The predicted molar refractivity (Wildman–Crippen MR) is 134 cm³/mol. The first-order valence-electron chi connectivity index (χ1n) is 12.3. The Bertz CT molecular complexity index is 1200. The number of methoxy groups -OCH3 is 1. The summed E-state index contributed by atoms with van der Waals surface area (Å²) in [7, 11) is 1.61. The predicted octanol–water partition coefficient (Wildman–Crippen LogP) is 2.92. The molecule has 1 fully saturated rings. The van der Waals surface area contributed by atoms with Crippen LogP contribution in [-0.2, 0) is 17.9 Å². The fourth-order valence-corrected chi connectivity index (χ4v) is 4.54. The van der Waals surface area contributed by atoms with E-state index in [1.54, 1.807) is 24.9 Å². The number of hydrogen-bond donors (Lipinski definition) is 2. The van der Waals surface area contributed by atoms with Gasteiger partial charge in [0.25, 0.3) is 5.91 Å². The monoisotopic (exact) mass is 491 g/mol. The SMILES string of the molecule is COc1cccc(CNC(=O)c2cc(-c3nnn(C[C@H]4CC[C@H](CNC(C)=O)CC4)n3)cc(C)n2)c1. The molecule has 0 bridgehead atoms. The lowest BCUT2D eigenvalue weighted by atomic mass is 9.82. The molecule has 0 aliphatic heterocycles. The fraction of sp³-hybridized carbons (Fsp3) is 0.462. The molecule has 190 valence electrons. The highest BCUT2D eigenvalue weighted by molar-refractivity contribution is 5.93. The maximum Gasteiger partial charge on any atom is 0.270 e. The number of carbonyl (C=O) groups excluding carboxylic acids is 2. The fourth-order valence-electron chi connectivity index (χ4n) is 4.54. The molecule has 3 aromatic rings. The minimum Gasteiger partial charge on any atom is -0.497 e. The summed E-state index contributed by atoms with van der Waals surface area (Å²) in [5.74, 6) is 1.99. The Morgan fingerprint density at radius 1 is 1.08 bits per heavy atom. The maximum absolute atomic E-state index is 12.8. The van der Waals surface area contributed by atoms with Crippen molar-refractivity contribution in [3.63, 3.8) is 0 Å². The van der Waals surface area contributed by atoms with Crippen LogP contribution in [0.2, 0.25) is 0 Å². The molecule has 1 aliphatic carbocycles. The van der Waals surface area contributed by atoms with Crippen molar-refractivity contribution in [2.24, 2.45) is 11.8 Å². The standard InChI is InChI=1S/C26H33N7O3/c1-17-11-22(13-24(29-17)26(35)28-15-21-5-4-6-23(12-21)36-3)25-30-32-33(31-25)16-20-9-7-19(8-10-20)14-27-18(2)34/h4-6,11-13,19-20H,7-10,14-16H2,1-3H3,(H,27,34)(H,28,35)/t19-,20-. The summed E-state index contributed by atoms with van der Waals surface area (Å²) in [6, 6.07) is 11.1. The average molecular weight is 492 g/mol. The zero-order valence-corrected chi connectivity index (χ0v) is 21.0. The number of aromatic nitrogens is 5. The number of carbonyl (C=O) groups is 2. The minimum absolute atomic E-state index is 0.0281. The molecule has 0 atom stereocenters. The lowest BCUT2D eigenvalue weighted by Crippen LogP contribution is -2.30. The molecule has 0 saturated heterocycles. The van der Waals surface area contributed by atoms with Gasteiger partial charge in [0.15, 0.2) is 0 Å². The first-order chi connectivity index (χ1) is 17.4. The van der Waals surface area contributed by atoms with E-state index in [-0.39, 0.29) is 11.8 Å². The third-order valence-corrected chi connectivity index (χ3v) is 6.51. The Morgan fingerprint density at radius 2 is 1.86 bits per heavy atom. The Morgan fingerprint density at radius 3 is 2.61 bits per heavy atom. The van der Waals surface area contributed by atoms with Crippen molar-refractivity contribution in [2.45, 2.75) is 52.6 Å². The molecule has 1 aromatic carbocycles. The van der Waals surface area contributed by atoms with Crippen LogP contribution >= 0.6 is 0 Å². The lowest BCUT2D eigenvalue weighted by Gasteiger charge is -2.27. The second-order valence-electron chi connectivity index (χ2n) is 9.41. The van der Waals surface area contributed by atoms with Crippen molar-refractivity contribution in [2.75, 3.05) is 13.7 Å². The first-order valence-corrected chi connectivity index (χ1v) is 12.3. The number of aryl methyl sites for hydroxylation is 1. The van der Waals surface area contributed by atoms with Gasteiger partial charge in [0.1, 0.15) is 11.4 Å². The minimum atomic E-state index is -0.272. The molecule has 10 heteroatoms. The van der Waals surface area contributed by atoms with Crippen molar-refractivity contribution >= 4 is 11.8 Å². The number of hydrogen-bond acceptors (Lipinski definition) is 7. The number of amides is 2. The van der Waals surface area contributed by atoms with Gasteiger partial charge in [-0.25, -0.2) is 4.98 Å². The van der Waals surface area contributed by atoms with E-state index in [1.807, 2.05) is 37.3 Å². The van der Waals surface area contributed by atoms with E-state index in [0.29, 0.717) is 47.7 Å². The first kappa shape index (κ1) is 25.3. The molecule has 0 unspecified atom stereocenters. The van der Waals surface area contributed by atoms with Crippen molar-refractivity contribution in [3.05, 3.63) is 53.3 Å². The van der Waals surface area contributed by atoms with Crippen molar-refractivity contribution in [1.82, 2.24) is 35.8 Å². The van der Waals surface area contributed by atoms with Gasteiger partial charge in [0, 0.05) is 31.3 Å². The molecule has 2 N–H and O–H groups in total. The summed E-state index contributed by atoms with van der Waals surface area (Å²) in [6.07, 6.45) is 4.33. The molecule has 1 saturated carbocycles. The summed E-state index contributed by atoms with van der Waals surface area (Å²) < 4.78 is 5.24. The zero-order valence-electron chi connectivity index (χ0n) is 21.0. The second-order valence-corrected chi connectivity index (χ2v) is 9.41. The van der Waals surface area contributed by atoms with E-state index in [2.05, 4.69) is 31.0 Å². The van der Waals surface area contributed by atoms with Crippen LogP contribution in [0.4, 0.5) is 0 Å². The molecule has 36 heavy (non-hydrogen) atoms. The largest absolute Gasteiger partial charge is 0.497 e.